The van der Waals surface area contributed by atoms with Crippen LogP contribution in [-0.4, -0.2) is 22.9 Å². The van der Waals surface area contributed by atoms with E-state index in [9.17, 15) is 0 Å². The quantitative estimate of drug-likeness (QED) is 0.915. The Morgan fingerprint density at radius 2 is 1.91 bits per heavy atom. The average molecular weight is 297 g/mol. The highest BCUT2D eigenvalue weighted by Crippen LogP contribution is 2.26. The average Bonchev–Trinajstić information content (AvgIpc) is 2.98. The van der Waals surface area contributed by atoms with E-state index >= 15 is 0 Å². The molecule has 118 valence electrons. The molecule has 1 aromatic heterocycles. The maximum absolute atomic E-state index is 4.85. The van der Waals surface area contributed by atoms with Gasteiger partial charge in [-0.1, -0.05) is 31.2 Å². The summed E-state index contributed by atoms with van der Waals surface area (Å²) in [5.74, 6) is 0.671. The molecule has 0 amide bonds. The van der Waals surface area contributed by atoms with Crippen molar-refractivity contribution < 1.29 is 0 Å². The van der Waals surface area contributed by atoms with Gasteiger partial charge in [-0.15, -0.1) is 0 Å². The van der Waals surface area contributed by atoms with Crippen molar-refractivity contribution >= 4 is 0 Å². The highest BCUT2D eigenvalue weighted by Gasteiger charge is 2.20. The number of rotatable bonds is 5. The molecule has 2 aromatic rings. The second-order valence-electron chi connectivity index (χ2n) is 6.25. The lowest BCUT2D eigenvalue weighted by molar-refractivity contribution is 0.432. The zero-order valence-corrected chi connectivity index (χ0v) is 13.8. The monoisotopic (exact) mass is 297 g/mol. The summed E-state index contributed by atoms with van der Waals surface area (Å²) < 4.78 is 2.22. The fourth-order valence-electron chi connectivity index (χ4n) is 3.44. The first kappa shape index (κ1) is 15.3. The standard InChI is InChI=1S/C19H27N3/c1-3-15-6-5-7-16(12-15)13-18-14-19(22(4-2)21-18)17-8-10-20-11-9-17/h5-7,12,14,17,20H,3-4,8-11,13H2,1-2H3. The Kier molecular flexibility index (Phi) is 4.94. The number of benzene rings is 1. The Hall–Kier alpha value is -1.61. The van der Waals surface area contributed by atoms with Crippen LogP contribution >= 0.6 is 0 Å². The second-order valence-corrected chi connectivity index (χ2v) is 6.25. The van der Waals surface area contributed by atoms with Crippen LogP contribution in [0.1, 0.15) is 55.1 Å². The number of hydrogen-bond acceptors (Lipinski definition) is 2. The lowest BCUT2D eigenvalue weighted by Crippen LogP contribution is -2.27. The molecule has 0 radical (unpaired) electrons. The van der Waals surface area contributed by atoms with Crippen LogP contribution in [0.4, 0.5) is 0 Å². The molecule has 22 heavy (non-hydrogen) atoms. The first-order chi connectivity index (χ1) is 10.8. The number of piperidine rings is 1. The van der Waals surface area contributed by atoms with Gasteiger partial charge in [0.1, 0.15) is 0 Å². The molecule has 3 heteroatoms. The van der Waals surface area contributed by atoms with E-state index in [0.717, 1.165) is 32.5 Å². The van der Waals surface area contributed by atoms with Crippen LogP contribution in [0, 0.1) is 0 Å². The van der Waals surface area contributed by atoms with Crippen LogP contribution in [0.2, 0.25) is 0 Å². The number of nitrogens with zero attached hydrogens (tertiary/aromatic N) is 2. The molecule has 1 saturated heterocycles. The summed E-state index contributed by atoms with van der Waals surface area (Å²) in [6.07, 6.45) is 4.50. The molecule has 2 heterocycles. The lowest BCUT2D eigenvalue weighted by Gasteiger charge is -2.23. The molecule has 1 aliphatic heterocycles. The van der Waals surface area contributed by atoms with Gasteiger partial charge in [-0.25, -0.2) is 0 Å². The fraction of sp³-hybridized carbons (Fsp3) is 0.526. The highest BCUT2D eigenvalue weighted by atomic mass is 15.3. The molecule has 3 nitrogen and oxygen atoms in total. The minimum absolute atomic E-state index is 0.671. The SMILES string of the molecule is CCc1cccc(Cc2cc(C3CCNCC3)n(CC)n2)c1. The van der Waals surface area contributed by atoms with Crippen LogP contribution < -0.4 is 5.32 Å². The predicted molar refractivity (Wildman–Crippen MR) is 91.4 cm³/mol. The Morgan fingerprint density at radius 1 is 1.14 bits per heavy atom. The maximum atomic E-state index is 4.85. The summed E-state index contributed by atoms with van der Waals surface area (Å²) >= 11 is 0. The van der Waals surface area contributed by atoms with E-state index in [2.05, 4.69) is 54.2 Å². The molecule has 1 aromatic carbocycles. The lowest BCUT2D eigenvalue weighted by atomic mass is 9.94. The van der Waals surface area contributed by atoms with Gasteiger partial charge >= 0.3 is 0 Å². The molecule has 3 rings (SSSR count). The molecular weight excluding hydrogens is 270 g/mol. The van der Waals surface area contributed by atoms with Gasteiger partial charge in [-0.2, -0.15) is 5.10 Å². The van der Waals surface area contributed by atoms with Crippen molar-refractivity contribution in [3.8, 4) is 0 Å². The number of aryl methyl sites for hydroxylation is 2. The molecule has 1 N–H and O–H groups in total. The van der Waals surface area contributed by atoms with Gasteiger partial charge in [-0.3, -0.25) is 4.68 Å². The Bertz CT molecular complexity index is 609. The van der Waals surface area contributed by atoms with Gasteiger partial charge in [0.15, 0.2) is 0 Å². The summed E-state index contributed by atoms with van der Waals surface area (Å²) in [6.45, 7) is 7.63. The van der Waals surface area contributed by atoms with Crippen molar-refractivity contribution in [3.05, 3.63) is 52.8 Å². The van der Waals surface area contributed by atoms with Gasteiger partial charge < -0.3 is 5.32 Å². The van der Waals surface area contributed by atoms with Crippen LogP contribution in [0.15, 0.2) is 30.3 Å². The fourth-order valence-corrected chi connectivity index (χ4v) is 3.44. The largest absolute Gasteiger partial charge is 0.317 e. The van der Waals surface area contributed by atoms with Crippen LogP contribution in [0.5, 0.6) is 0 Å². The highest BCUT2D eigenvalue weighted by molar-refractivity contribution is 5.28. The summed E-state index contributed by atoms with van der Waals surface area (Å²) in [6, 6.07) is 11.2. The van der Waals surface area contributed by atoms with Crippen molar-refractivity contribution in [3.63, 3.8) is 0 Å². The Labute approximate surface area is 133 Å². The maximum Gasteiger partial charge on any atom is 0.0671 e. The molecule has 0 bridgehead atoms. The van der Waals surface area contributed by atoms with Crippen molar-refractivity contribution in [2.45, 2.75) is 52.0 Å². The molecular formula is C19H27N3. The van der Waals surface area contributed by atoms with Crippen LogP contribution in [0.3, 0.4) is 0 Å². The smallest absolute Gasteiger partial charge is 0.0671 e. The van der Waals surface area contributed by atoms with Gasteiger partial charge in [0, 0.05) is 24.6 Å². The minimum Gasteiger partial charge on any atom is -0.317 e. The third kappa shape index (κ3) is 3.41. The normalized spacial score (nSPS) is 16.1. The molecule has 0 atom stereocenters. The van der Waals surface area contributed by atoms with Gasteiger partial charge in [0.2, 0.25) is 0 Å². The van der Waals surface area contributed by atoms with E-state index < -0.39 is 0 Å². The Balaban J connectivity index is 1.80. The van der Waals surface area contributed by atoms with E-state index in [-0.39, 0.29) is 0 Å². The number of hydrogen-bond donors (Lipinski definition) is 1. The molecule has 1 aliphatic rings. The Morgan fingerprint density at radius 3 is 2.64 bits per heavy atom. The van der Waals surface area contributed by atoms with E-state index in [4.69, 9.17) is 5.10 Å². The van der Waals surface area contributed by atoms with Crippen molar-refractivity contribution in [2.75, 3.05) is 13.1 Å². The van der Waals surface area contributed by atoms with Crippen molar-refractivity contribution in [1.29, 1.82) is 0 Å². The summed E-state index contributed by atoms with van der Waals surface area (Å²) in [5, 5.41) is 8.30. The van der Waals surface area contributed by atoms with Gasteiger partial charge in [0.25, 0.3) is 0 Å². The topological polar surface area (TPSA) is 29.9 Å². The predicted octanol–water partition coefficient (Wildman–Crippen LogP) is 3.52. The van der Waals surface area contributed by atoms with Crippen LogP contribution in [0.25, 0.3) is 0 Å². The first-order valence-corrected chi connectivity index (χ1v) is 8.65. The minimum atomic E-state index is 0.671. The van der Waals surface area contributed by atoms with Gasteiger partial charge in [0.05, 0.1) is 5.69 Å². The molecule has 0 unspecified atom stereocenters. The molecule has 1 fully saturated rings. The molecule has 0 aliphatic carbocycles. The molecule has 0 spiro atoms. The van der Waals surface area contributed by atoms with Crippen molar-refractivity contribution in [1.82, 2.24) is 15.1 Å². The second kappa shape index (κ2) is 7.10. The third-order valence-electron chi connectivity index (χ3n) is 4.70. The zero-order chi connectivity index (χ0) is 15.4. The summed E-state index contributed by atoms with van der Waals surface area (Å²) in [7, 11) is 0. The zero-order valence-electron chi connectivity index (χ0n) is 13.8. The summed E-state index contributed by atoms with van der Waals surface area (Å²) in [5.41, 5.74) is 5.43. The van der Waals surface area contributed by atoms with Gasteiger partial charge in [-0.05, 0) is 56.5 Å². The van der Waals surface area contributed by atoms with Crippen LogP contribution in [-0.2, 0) is 19.4 Å². The van der Waals surface area contributed by atoms with E-state index in [1.54, 1.807) is 0 Å². The number of nitrogens with one attached hydrogen (secondary N) is 1. The number of aromatic nitrogens is 2. The van der Waals surface area contributed by atoms with E-state index in [0.29, 0.717) is 5.92 Å². The van der Waals surface area contributed by atoms with E-state index in [1.165, 1.54) is 35.4 Å². The third-order valence-corrected chi connectivity index (χ3v) is 4.70. The first-order valence-electron chi connectivity index (χ1n) is 8.65. The van der Waals surface area contributed by atoms with E-state index in [1.807, 2.05) is 0 Å². The molecule has 0 saturated carbocycles. The van der Waals surface area contributed by atoms with Crippen molar-refractivity contribution in [2.24, 2.45) is 0 Å². The summed E-state index contributed by atoms with van der Waals surface area (Å²) in [4.78, 5) is 0.